The molecule has 0 radical (unpaired) electrons. The first-order valence-electron chi connectivity index (χ1n) is 8.24. The van der Waals surface area contributed by atoms with Gasteiger partial charge in [-0.25, -0.2) is 9.97 Å². The second-order valence-electron chi connectivity index (χ2n) is 6.05. The van der Waals surface area contributed by atoms with Crippen LogP contribution in [0.4, 0.5) is 0 Å². The van der Waals surface area contributed by atoms with Crippen LogP contribution in [0, 0.1) is 0 Å². The summed E-state index contributed by atoms with van der Waals surface area (Å²) in [5.41, 5.74) is 0. The zero-order valence-electron chi connectivity index (χ0n) is 14.2. The molecule has 0 spiro atoms. The molecule has 3 heterocycles. The average molecular weight is 348 g/mol. The van der Waals surface area contributed by atoms with Gasteiger partial charge in [0.25, 0.3) is 0 Å². The molecule has 3 rings (SSSR count). The van der Waals surface area contributed by atoms with E-state index >= 15 is 0 Å². The molecule has 0 N–H and O–H groups in total. The lowest BCUT2D eigenvalue weighted by atomic mass is 10.2. The molecule has 2 aromatic rings. The van der Waals surface area contributed by atoms with Crippen LogP contribution < -0.4 is 0 Å². The van der Waals surface area contributed by atoms with Gasteiger partial charge in [0.15, 0.2) is 10.2 Å². The predicted octanol–water partition coefficient (Wildman–Crippen LogP) is 2.37. The van der Waals surface area contributed by atoms with Crippen LogP contribution >= 0.6 is 11.8 Å². The van der Waals surface area contributed by atoms with Crippen molar-refractivity contribution in [1.29, 1.82) is 0 Å². The zero-order chi connectivity index (χ0) is 16.8. The summed E-state index contributed by atoms with van der Waals surface area (Å²) >= 11 is 1.44. The van der Waals surface area contributed by atoms with Crippen molar-refractivity contribution in [1.82, 2.24) is 19.8 Å². The summed E-state index contributed by atoms with van der Waals surface area (Å²) in [6.45, 7) is 7.80. The van der Waals surface area contributed by atoms with Crippen molar-refractivity contribution in [2.24, 2.45) is 0 Å². The van der Waals surface area contributed by atoms with Gasteiger partial charge in [-0.3, -0.25) is 9.80 Å². The summed E-state index contributed by atoms with van der Waals surface area (Å²) in [6.07, 6.45) is 3.47. The first kappa shape index (κ1) is 17.4. The van der Waals surface area contributed by atoms with Crippen molar-refractivity contribution < 1.29 is 9.15 Å². The van der Waals surface area contributed by atoms with Gasteiger partial charge in [-0.05, 0) is 43.9 Å². The smallest absolute Gasteiger partial charge is 0.195 e. The summed E-state index contributed by atoms with van der Waals surface area (Å²) in [5.74, 6) is 0.963. The topological polar surface area (TPSA) is 54.6 Å². The maximum Gasteiger partial charge on any atom is 0.195 e. The number of hydrogen-bond acceptors (Lipinski definition) is 7. The van der Waals surface area contributed by atoms with E-state index in [1.165, 1.54) is 11.8 Å². The normalized spacial score (nSPS) is 17.3. The molecule has 130 valence electrons. The third kappa shape index (κ3) is 5.04. The summed E-state index contributed by atoms with van der Waals surface area (Å²) in [6, 6.07) is 6.33. The maximum absolute atomic E-state index is 5.89. The van der Waals surface area contributed by atoms with Crippen LogP contribution in [0.1, 0.15) is 12.7 Å². The number of aromatic nitrogens is 2. The Kier molecular flexibility index (Phi) is 6.25. The minimum Gasteiger partial charge on any atom is -0.453 e. The average Bonchev–Trinajstić information content (AvgIpc) is 3.03. The second-order valence-corrected chi connectivity index (χ2v) is 7.02. The molecule has 0 unspecified atom stereocenters. The van der Waals surface area contributed by atoms with Crippen LogP contribution in [0.3, 0.4) is 0 Å². The summed E-state index contributed by atoms with van der Waals surface area (Å²) in [7, 11) is 2.13. The van der Waals surface area contributed by atoms with Gasteiger partial charge in [0, 0.05) is 38.1 Å². The molecule has 2 aromatic heterocycles. The Morgan fingerprint density at radius 3 is 2.75 bits per heavy atom. The number of rotatable bonds is 7. The van der Waals surface area contributed by atoms with Gasteiger partial charge in [0.05, 0.1) is 19.8 Å². The fourth-order valence-corrected chi connectivity index (χ4v) is 3.53. The third-order valence-corrected chi connectivity index (χ3v) is 4.86. The summed E-state index contributed by atoms with van der Waals surface area (Å²) < 4.78 is 11.3. The largest absolute Gasteiger partial charge is 0.453 e. The van der Waals surface area contributed by atoms with Gasteiger partial charge >= 0.3 is 0 Å². The van der Waals surface area contributed by atoms with Crippen molar-refractivity contribution >= 4 is 11.8 Å². The van der Waals surface area contributed by atoms with E-state index in [9.17, 15) is 0 Å². The van der Waals surface area contributed by atoms with Gasteiger partial charge in [-0.2, -0.15) is 0 Å². The van der Waals surface area contributed by atoms with Crippen LogP contribution in [0.2, 0.25) is 0 Å². The maximum atomic E-state index is 5.89. The molecule has 1 aliphatic rings. The number of morpholine rings is 1. The number of likely N-dealkylation sites (N-methyl/N-ethyl adjacent to an activating group) is 1. The molecular weight excluding hydrogens is 324 g/mol. The Morgan fingerprint density at radius 2 is 2.00 bits per heavy atom. The molecule has 6 nitrogen and oxygen atoms in total. The molecule has 0 aromatic carbocycles. The Hall–Kier alpha value is -1.41. The van der Waals surface area contributed by atoms with E-state index in [1.54, 1.807) is 12.4 Å². The van der Waals surface area contributed by atoms with E-state index in [0.717, 1.165) is 50.2 Å². The van der Waals surface area contributed by atoms with Gasteiger partial charge in [-0.1, -0.05) is 0 Å². The van der Waals surface area contributed by atoms with E-state index in [-0.39, 0.29) is 0 Å². The molecule has 0 saturated carbocycles. The highest BCUT2D eigenvalue weighted by atomic mass is 32.2. The Morgan fingerprint density at radius 1 is 1.25 bits per heavy atom. The number of ether oxygens (including phenoxy) is 1. The minimum absolute atomic E-state index is 0.514. The number of nitrogens with zero attached hydrogens (tertiary/aromatic N) is 4. The quantitative estimate of drug-likeness (QED) is 0.712. The Labute approximate surface area is 147 Å². The van der Waals surface area contributed by atoms with Crippen molar-refractivity contribution in [2.75, 3.05) is 39.9 Å². The highest BCUT2D eigenvalue weighted by Gasteiger charge is 2.18. The van der Waals surface area contributed by atoms with Gasteiger partial charge < -0.3 is 9.15 Å². The van der Waals surface area contributed by atoms with Crippen molar-refractivity contribution in [3.05, 3.63) is 36.4 Å². The van der Waals surface area contributed by atoms with E-state index in [2.05, 4.69) is 33.7 Å². The van der Waals surface area contributed by atoms with Crippen molar-refractivity contribution in [2.45, 2.75) is 29.8 Å². The molecule has 0 aliphatic carbocycles. The molecule has 0 bridgehead atoms. The minimum atomic E-state index is 0.514. The third-order valence-electron chi connectivity index (χ3n) is 4.04. The number of hydrogen-bond donors (Lipinski definition) is 0. The van der Waals surface area contributed by atoms with Crippen LogP contribution in [-0.2, 0) is 11.3 Å². The lowest BCUT2D eigenvalue weighted by Crippen LogP contribution is -2.46. The first-order chi connectivity index (χ1) is 11.7. The van der Waals surface area contributed by atoms with Crippen LogP contribution in [0.5, 0.6) is 0 Å². The molecule has 1 fully saturated rings. The zero-order valence-corrected chi connectivity index (χ0v) is 15.0. The molecule has 1 saturated heterocycles. The summed E-state index contributed by atoms with van der Waals surface area (Å²) in [5, 5.41) is 1.53. The lowest BCUT2D eigenvalue weighted by Gasteiger charge is -2.34. The van der Waals surface area contributed by atoms with Gasteiger partial charge in [-0.15, -0.1) is 0 Å². The predicted molar refractivity (Wildman–Crippen MR) is 93.1 cm³/mol. The molecule has 7 heteroatoms. The SMILES string of the molecule is C[C@@H](CN(C)Cc1ccc(Sc2ncccn2)o1)N1CCOCC1. The highest BCUT2D eigenvalue weighted by molar-refractivity contribution is 7.99. The van der Waals surface area contributed by atoms with E-state index in [0.29, 0.717) is 11.2 Å². The van der Waals surface area contributed by atoms with E-state index < -0.39 is 0 Å². The van der Waals surface area contributed by atoms with Crippen LogP contribution in [-0.4, -0.2) is 65.7 Å². The Balaban J connectivity index is 1.48. The monoisotopic (exact) mass is 348 g/mol. The van der Waals surface area contributed by atoms with Gasteiger partial charge in [0.2, 0.25) is 0 Å². The number of furan rings is 1. The Bertz CT molecular complexity index is 616. The molecule has 24 heavy (non-hydrogen) atoms. The fourth-order valence-electron chi connectivity index (χ4n) is 2.84. The van der Waals surface area contributed by atoms with Gasteiger partial charge in [0.1, 0.15) is 5.76 Å². The van der Waals surface area contributed by atoms with Crippen molar-refractivity contribution in [3.63, 3.8) is 0 Å². The fraction of sp³-hybridized carbons (Fsp3) is 0.529. The van der Waals surface area contributed by atoms with Crippen molar-refractivity contribution in [3.8, 4) is 0 Å². The lowest BCUT2D eigenvalue weighted by molar-refractivity contribution is 0.0133. The summed E-state index contributed by atoms with van der Waals surface area (Å²) in [4.78, 5) is 13.2. The van der Waals surface area contributed by atoms with Crippen LogP contribution in [0.25, 0.3) is 0 Å². The first-order valence-corrected chi connectivity index (χ1v) is 9.06. The molecule has 1 aliphatic heterocycles. The molecular formula is C17H24N4O2S. The standard InChI is InChI=1S/C17H24N4O2S/c1-14(21-8-10-22-11-9-21)12-20(2)13-15-4-5-16(23-15)24-17-18-6-3-7-19-17/h3-7,14H,8-13H2,1-2H3/t14-/m0/s1. The second kappa shape index (κ2) is 8.62. The molecule has 1 atom stereocenters. The van der Waals surface area contributed by atoms with Crippen LogP contribution in [0.15, 0.2) is 45.3 Å². The van der Waals surface area contributed by atoms with E-state index in [4.69, 9.17) is 9.15 Å². The van der Waals surface area contributed by atoms with E-state index in [1.807, 2.05) is 18.2 Å². The highest BCUT2D eigenvalue weighted by Crippen LogP contribution is 2.26. The molecule has 0 amide bonds.